The van der Waals surface area contributed by atoms with Crippen LogP contribution in [-0.4, -0.2) is 31.7 Å². The summed E-state index contributed by atoms with van der Waals surface area (Å²) >= 11 is 0. The summed E-state index contributed by atoms with van der Waals surface area (Å²) in [6.45, 7) is 7.95. The Morgan fingerprint density at radius 3 is 2.62 bits per heavy atom. The van der Waals surface area contributed by atoms with Crippen molar-refractivity contribution in [3.8, 4) is 11.5 Å². The van der Waals surface area contributed by atoms with E-state index >= 15 is 0 Å². The summed E-state index contributed by atoms with van der Waals surface area (Å²) in [5.74, 6) is 1.57. The molecule has 1 amide bonds. The molecule has 0 fully saturated rings. The van der Waals surface area contributed by atoms with E-state index in [4.69, 9.17) is 9.47 Å². The molecule has 2 N–H and O–H groups in total. The van der Waals surface area contributed by atoms with Gasteiger partial charge >= 0.3 is 0 Å². The molecule has 5 nitrogen and oxygen atoms in total. The molecule has 0 radical (unpaired) electrons. The minimum Gasteiger partial charge on any atom is -0.486 e. The molecule has 1 aliphatic heterocycles. The molecule has 1 aliphatic rings. The predicted octanol–water partition coefficient (Wildman–Crippen LogP) is 2.02. The van der Waals surface area contributed by atoms with Crippen LogP contribution in [0.3, 0.4) is 0 Å². The summed E-state index contributed by atoms with van der Waals surface area (Å²) in [6.07, 6.45) is 0.479. The van der Waals surface area contributed by atoms with Gasteiger partial charge in [0.1, 0.15) is 13.2 Å². The SMILES string of the molecule is CC(C)NCCC(=O)NC(C)c1ccc2c(c1)OCCO2. The average molecular weight is 292 g/mol. The number of benzene rings is 1. The van der Waals surface area contributed by atoms with Crippen molar-refractivity contribution in [3.05, 3.63) is 23.8 Å². The molecule has 5 heteroatoms. The van der Waals surface area contributed by atoms with Crippen LogP contribution >= 0.6 is 0 Å². The van der Waals surface area contributed by atoms with Crippen molar-refractivity contribution in [2.75, 3.05) is 19.8 Å². The Kier molecular flexibility index (Phi) is 5.44. The highest BCUT2D eigenvalue weighted by Gasteiger charge is 2.15. The normalized spacial score (nSPS) is 14.9. The number of hydrogen-bond acceptors (Lipinski definition) is 4. The first-order valence-corrected chi connectivity index (χ1v) is 7.48. The van der Waals surface area contributed by atoms with Gasteiger partial charge in [0.05, 0.1) is 6.04 Å². The Bertz CT molecular complexity index is 488. The van der Waals surface area contributed by atoms with Crippen LogP contribution in [0.15, 0.2) is 18.2 Å². The van der Waals surface area contributed by atoms with E-state index in [1.807, 2.05) is 25.1 Å². The van der Waals surface area contributed by atoms with Gasteiger partial charge in [0.25, 0.3) is 0 Å². The van der Waals surface area contributed by atoms with Crippen LogP contribution in [0.25, 0.3) is 0 Å². The third kappa shape index (κ3) is 4.63. The van der Waals surface area contributed by atoms with E-state index in [-0.39, 0.29) is 11.9 Å². The van der Waals surface area contributed by atoms with Crippen LogP contribution in [-0.2, 0) is 4.79 Å². The lowest BCUT2D eigenvalue weighted by Crippen LogP contribution is -2.32. The van der Waals surface area contributed by atoms with Crippen LogP contribution in [0, 0.1) is 0 Å². The van der Waals surface area contributed by atoms with Crippen molar-refractivity contribution in [2.45, 2.75) is 39.3 Å². The van der Waals surface area contributed by atoms with Gasteiger partial charge in [-0.15, -0.1) is 0 Å². The van der Waals surface area contributed by atoms with Gasteiger partial charge in [-0.05, 0) is 24.6 Å². The standard InChI is InChI=1S/C16H24N2O3/c1-11(2)17-7-6-16(19)18-12(3)13-4-5-14-15(10-13)21-9-8-20-14/h4-5,10-12,17H,6-9H2,1-3H3,(H,18,19). The lowest BCUT2D eigenvalue weighted by atomic mass is 10.1. The molecule has 2 rings (SSSR count). The van der Waals surface area contributed by atoms with E-state index in [9.17, 15) is 4.79 Å². The van der Waals surface area contributed by atoms with E-state index in [0.717, 1.165) is 17.1 Å². The molecule has 0 aliphatic carbocycles. The number of rotatable bonds is 6. The van der Waals surface area contributed by atoms with E-state index < -0.39 is 0 Å². The minimum absolute atomic E-state index is 0.0468. The minimum atomic E-state index is -0.0487. The van der Waals surface area contributed by atoms with Crippen LogP contribution in [0.5, 0.6) is 11.5 Å². The summed E-state index contributed by atoms with van der Waals surface area (Å²) in [4.78, 5) is 11.9. The predicted molar refractivity (Wildman–Crippen MR) is 81.7 cm³/mol. The molecular formula is C16H24N2O3. The second-order valence-corrected chi connectivity index (χ2v) is 5.55. The second-order valence-electron chi connectivity index (χ2n) is 5.55. The molecule has 1 unspecified atom stereocenters. The van der Waals surface area contributed by atoms with E-state index in [1.54, 1.807) is 0 Å². The Morgan fingerprint density at radius 1 is 1.19 bits per heavy atom. The Labute approximate surface area is 126 Å². The van der Waals surface area contributed by atoms with Gasteiger partial charge < -0.3 is 20.1 Å². The number of fused-ring (bicyclic) bond motifs is 1. The van der Waals surface area contributed by atoms with Crippen molar-refractivity contribution in [2.24, 2.45) is 0 Å². The molecule has 0 spiro atoms. The largest absolute Gasteiger partial charge is 0.486 e. The van der Waals surface area contributed by atoms with Crippen molar-refractivity contribution >= 4 is 5.91 Å². The third-order valence-corrected chi connectivity index (χ3v) is 3.35. The smallest absolute Gasteiger partial charge is 0.221 e. The van der Waals surface area contributed by atoms with Crippen molar-refractivity contribution in [3.63, 3.8) is 0 Å². The fourth-order valence-corrected chi connectivity index (χ4v) is 2.20. The summed E-state index contributed by atoms with van der Waals surface area (Å²) in [5, 5.41) is 6.23. The van der Waals surface area contributed by atoms with Gasteiger partial charge in [-0.25, -0.2) is 0 Å². The number of nitrogens with one attached hydrogen (secondary N) is 2. The van der Waals surface area contributed by atoms with Gasteiger partial charge in [-0.2, -0.15) is 0 Å². The van der Waals surface area contributed by atoms with Crippen molar-refractivity contribution in [1.29, 1.82) is 0 Å². The summed E-state index contributed by atoms with van der Waals surface area (Å²) in [5.41, 5.74) is 1.02. The topological polar surface area (TPSA) is 59.6 Å². The fourth-order valence-electron chi connectivity index (χ4n) is 2.20. The van der Waals surface area contributed by atoms with E-state index in [1.165, 1.54) is 0 Å². The number of amides is 1. The Balaban J connectivity index is 1.88. The number of ether oxygens (including phenoxy) is 2. The molecule has 1 heterocycles. The van der Waals surface area contributed by atoms with Gasteiger partial charge in [0, 0.05) is 19.0 Å². The number of carbonyl (C=O) groups is 1. The number of hydrogen-bond donors (Lipinski definition) is 2. The highest BCUT2D eigenvalue weighted by Crippen LogP contribution is 2.32. The second kappa shape index (κ2) is 7.31. The third-order valence-electron chi connectivity index (χ3n) is 3.35. The monoisotopic (exact) mass is 292 g/mol. The first kappa shape index (κ1) is 15.6. The van der Waals surface area contributed by atoms with Crippen molar-refractivity contribution < 1.29 is 14.3 Å². The molecule has 0 saturated heterocycles. The Hall–Kier alpha value is -1.75. The van der Waals surface area contributed by atoms with Gasteiger partial charge in [-0.3, -0.25) is 4.79 Å². The van der Waals surface area contributed by atoms with Crippen LogP contribution in [0.2, 0.25) is 0 Å². The summed E-state index contributed by atoms with van der Waals surface area (Å²) in [6, 6.07) is 6.14. The highest BCUT2D eigenvalue weighted by molar-refractivity contribution is 5.76. The zero-order chi connectivity index (χ0) is 15.2. The molecule has 21 heavy (non-hydrogen) atoms. The van der Waals surface area contributed by atoms with Crippen LogP contribution < -0.4 is 20.1 Å². The molecule has 0 saturated carbocycles. The zero-order valence-corrected chi connectivity index (χ0v) is 12.9. The summed E-state index contributed by atoms with van der Waals surface area (Å²) < 4.78 is 11.1. The molecular weight excluding hydrogens is 268 g/mol. The van der Waals surface area contributed by atoms with Gasteiger partial charge in [0.15, 0.2) is 11.5 Å². The fraction of sp³-hybridized carbons (Fsp3) is 0.562. The van der Waals surface area contributed by atoms with E-state index in [2.05, 4.69) is 24.5 Å². The maximum absolute atomic E-state index is 11.9. The molecule has 1 aromatic rings. The van der Waals surface area contributed by atoms with Gasteiger partial charge in [-0.1, -0.05) is 19.9 Å². The molecule has 116 valence electrons. The van der Waals surface area contributed by atoms with Gasteiger partial charge in [0.2, 0.25) is 5.91 Å². The first-order chi connectivity index (χ1) is 10.1. The maximum Gasteiger partial charge on any atom is 0.221 e. The average Bonchev–Trinajstić information content (AvgIpc) is 2.46. The van der Waals surface area contributed by atoms with Crippen LogP contribution in [0.1, 0.15) is 38.8 Å². The molecule has 0 bridgehead atoms. The number of carbonyl (C=O) groups excluding carboxylic acids is 1. The quantitative estimate of drug-likeness (QED) is 0.842. The van der Waals surface area contributed by atoms with Crippen LogP contribution in [0.4, 0.5) is 0 Å². The molecule has 1 atom stereocenters. The Morgan fingerprint density at radius 2 is 1.90 bits per heavy atom. The zero-order valence-electron chi connectivity index (χ0n) is 12.9. The van der Waals surface area contributed by atoms with Crippen molar-refractivity contribution in [1.82, 2.24) is 10.6 Å². The maximum atomic E-state index is 11.9. The molecule has 0 aromatic heterocycles. The lowest BCUT2D eigenvalue weighted by Gasteiger charge is -2.21. The van der Waals surface area contributed by atoms with E-state index in [0.29, 0.717) is 32.2 Å². The first-order valence-electron chi connectivity index (χ1n) is 7.48. The molecule has 1 aromatic carbocycles. The highest BCUT2D eigenvalue weighted by atomic mass is 16.6. The lowest BCUT2D eigenvalue weighted by molar-refractivity contribution is -0.121. The summed E-state index contributed by atoms with van der Waals surface area (Å²) in [7, 11) is 0.